The summed E-state index contributed by atoms with van der Waals surface area (Å²) in [5.41, 5.74) is 2.30. The maximum Gasteiger partial charge on any atom is 0.226 e. The highest BCUT2D eigenvalue weighted by molar-refractivity contribution is 6.01. The first kappa shape index (κ1) is 17.6. The zero-order valence-electron chi connectivity index (χ0n) is 14.8. The maximum atomic E-state index is 13.5. The summed E-state index contributed by atoms with van der Waals surface area (Å²) in [5, 5.41) is 4.11. The molecule has 1 fully saturated rings. The van der Waals surface area contributed by atoms with Crippen LogP contribution in [0.4, 0.5) is 8.78 Å². The maximum absolute atomic E-state index is 13.5. The molecular formula is C21H20F2N2O2. The second kappa shape index (κ2) is 7.47. The Morgan fingerprint density at radius 3 is 2.59 bits per heavy atom. The van der Waals surface area contributed by atoms with Crippen molar-refractivity contribution in [2.24, 2.45) is 11.1 Å². The fourth-order valence-electron chi connectivity index (χ4n) is 3.26. The minimum atomic E-state index is -0.314. The van der Waals surface area contributed by atoms with E-state index in [0.29, 0.717) is 19.5 Å². The summed E-state index contributed by atoms with van der Waals surface area (Å²) in [4.78, 5) is 19.9. The molecule has 0 N–H and O–H groups in total. The van der Waals surface area contributed by atoms with Gasteiger partial charge < -0.3 is 9.74 Å². The van der Waals surface area contributed by atoms with Crippen LogP contribution in [0.1, 0.15) is 30.4 Å². The average molecular weight is 370 g/mol. The molecule has 1 amide bonds. The average Bonchev–Trinajstić information content (AvgIpc) is 3.40. The highest BCUT2D eigenvalue weighted by atomic mass is 19.1. The molecule has 2 aromatic rings. The molecule has 27 heavy (non-hydrogen) atoms. The molecule has 0 saturated heterocycles. The van der Waals surface area contributed by atoms with Crippen molar-refractivity contribution in [1.82, 2.24) is 4.90 Å². The molecule has 0 spiro atoms. The number of halogens is 2. The lowest BCUT2D eigenvalue weighted by molar-refractivity contribution is -0.135. The van der Waals surface area contributed by atoms with Gasteiger partial charge in [-0.25, -0.2) is 8.78 Å². The third-order valence-corrected chi connectivity index (χ3v) is 4.84. The SMILES string of the molecule is O=C(C1CC1)N(Cc1cccc(F)c1)CC1CC(c2ccc(F)cc2)=NO1. The standard InChI is InChI=1S/C21H20F2N2O2/c22-17-8-6-15(7-9-17)20-11-19(27-24-20)13-25(21(26)16-4-5-16)12-14-2-1-3-18(23)10-14/h1-3,6-10,16,19H,4-5,11-13H2. The Labute approximate surface area is 156 Å². The van der Waals surface area contributed by atoms with Crippen molar-refractivity contribution in [3.05, 3.63) is 71.3 Å². The van der Waals surface area contributed by atoms with Gasteiger partial charge in [0.15, 0.2) is 6.10 Å². The first-order valence-electron chi connectivity index (χ1n) is 9.10. The quantitative estimate of drug-likeness (QED) is 0.774. The van der Waals surface area contributed by atoms with Crippen LogP contribution < -0.4 is 0 Å². The largest absolute Gasteiger partial charge is 0.390 e. The topological polar surface area (TPSA) is 41.9 Å². The van der Waals surface area contributed by atoms with E-state index in [2.05, 4.69) is 5.16 Å². The fraction of sp³-hybridized carbons (Fsp3) is 0.333. The van der Waals surface area contributed by atoms with Crippen molar-refractivity contribution < 1.29 is 18.4 Å². The van der Waals surface area contributed by atoms with Crippen LogP contribution in [0.25, 0.3) is 0 Å². The molecule has 0 radical (unpaired) electrons. The van der Waals surface area contributed by atoms with Crippen molar-refractivity contribution in [1.29, 1.82) is 0 Å². The Balaban J connectivity index is 1.43. The Kier molecular flexibility index (Phi) is 4.88. The molecule has 4 nitrogen and oxygen atoms in total. The van der Waals surface area contributed by atoms with Gasteiger partial charge in [-0.1, -0.05) is 29.4 Å². The Bertz CT molecular complexity index is 863. The minimum absolute atomic E-state index is 0.0671. The summed E-state index contributed by atoms with van der Waals surface area (Å²) < 4.78 is 26.6. The van der Waals surface area contributed by atoms with Gasteiger partial charge >= 0.3 is 0 Å². The van der Waals surface area contributed by atoms with Crippen molar-refractivity contribution in [3.8, 4) is 0 Å². The molecule has 1 saturated carbocycles. The Hall–Kier alpha value is -2.76. The highest BCUT2D eigenvalue weighted by Gasteiger charge is 2.35. The molecule has 6 heteroatoms. The number of carbonyl (C=O) groups is 1. The fourth-order valence-corrected chi connectivity index (χ4v) is 3.26. The summed E-state index contributed by atoms with van der Waals surface area (Å²) in [6.07, 6.45) is 2.09. The molecule has 0 aromatic heterocycles. The molecule has 1 aliphatic heterocycles. The monoisotopic (exact) mass is 370 g/mol. The summed E-state index contributed by atoms with van der Waals surface area (Å²) in [7, 11) is 0. The molecule has 1 aliphatic carbocycles. The summed E-state index contributed by atoms with van der Waals surface area (Å²) in [6, 6.07) is 12.4. The number of nitrogens with zero attached hydrogens (tertiary/aromatic N) is 2. The van der Waals surface area contributed by atoms with Gasteiger partial charge in [0.25, 0.3) is 0 Å². The molecule has 2 aliphatic rings. The van der Waals surface area contributed by atoms with E-state index in [-0.39, 0.29) is 29.6 Å². The van der Waals surface area contributed by atoms with Gasteiger partial charge in [-0.3, -0.25) is 4.79 Å². The van der Waals surface area contributed by atoms with Gasteiger partial charge in [-0.15, -0.1) is 0 Å². The predicted molar refractivity (Wildman–Crippen MR) is 97.0 cm³/mol. The van der Waals surface area contributed by atoms with Crippen LogP contribution in [0.15, 0.2) is 53.7 Å². The number of oxime groups is 1. The number of benzene rings is 2. The lowest BCUT2D eigenvalue weighted by Gasteiger charge is -2.25. The van der Waals surface area contributed by atoms with Gasteiger partial charge in [-0.05, 0) is 48.2 Å². The first-order valence-corrected chi connectivity index (χ1v) is 9.10. The van der Waals surface area contributed by atoms with Crippen LogP contribution in [0.3, 0.4) is 0 Å². The summed E-state index contributed by atoms with van der Waals surface area (Å²) >= 11 is 0. The van der Waals surface area contributed by atoms with Crippen LogP contribution in [0.5, 0.6) is 0 Å². The van der Waals surface area contributed by atoms with Crippen LogP contribution >= 0.6 is 0 Å². The van der Waals surface area contributed by atoms with Gasteiger partial charge in [-0.2, -0.15) is 0 Å². The van der Waals surface area contributed by atoms with E-state index < -0.39 is 0 Å². The van der Waals surface area contributed by atoms with Crippen LogP contribution in [-0.4, -0.2) is 29.2 Å². The minimum Gasteiger partial charge on any atom is -0.390 e. The number of hydrogen-bond acceptors (Lipinski definition) is 3. The second-order valence-electron chi connectivity index (χ2n) is 7.10. The van der Waals surface area contributed by atoms with Gasteiger partial charge in [0.05, 0.1) is 12.3 Å². The van der Waals surface area contributed by atoms with Crippen molar-refractivity contribution in [3.63, 3.8) is 0 Å². The third kappa shape index (κ3) is 4.32. The zero-order valence-corrected chi connectivity index (χ0v) is 14.8. The molecule has 1 unspecified atom stereocenters. The second-order valence-corrected chi connectivity index (χ2v) is 7.10. The van der Waals surface area contributed by atoms with E-state index in [4.69, 9.17) is 4.84 Å². The molecule has 4 rings (SSSR count). The van der Waals surface area contributed by atoms with E-state index in [9.17, 15) is 13.6 Å². The highest BCUT2D eigenvalue weighted by Crippen LogP contribution is 2.32. The molecule has 2 aromatic carbocycles. The molecular weight excluding hydrogens is 350 g/mol. The molecule has 1 atom stereocenters. The van der Waals surface area contributed by atoms with Crippen molar-refractivity contribution >= 4 is 11.6 Å². The van der Waals surface area contributed by atoms with Crippen LogP contribution in [0.2, 0.25) is 0 Å². The molecule has 140 valence electrons. The first-order chi connectivity index (χ1) is 13.1. The Morgan fingerprint density at radius 2 is 1.89 bits per heavy atom. The zero-order chi connectivity index (χ0) is 18.8. The van der Waals surface area contributed by atoms with E-state index >= 15 is 0 Å². The van der Waals surface area contributed by atoms with Crippen molar-refractivity contribution in [2.75, 3.05) is 6.54 Å². The molecule has 0 bridgehead atoms. The van der Waals surface area contributed by atoms with Gasteiger partial charge in [0.2, 0.25) is 5.91 Å². The van der Waals surface area contributed by atoms with E-state index in [1.807, 2.05) is 6.07 Å². The van der Waals surface area contributed by atoms with Gasteiger partial charge in [0.1, 0.15) is 11.6 Å². The Morgan fingerprint density at radius 1 is 1.11 bits per heavy atom. The lowest BCUT2D eigenvalue weighted by atomic mass is 10.0. The summed E-state index contributed by atoms with van der Waals surface area (Å²) in [6.45, 7) is 0.735. The normalized spacial score (nSPS) is 18.7. The number of amides is 1. The third-order valence-electron chi connectivity index (χ3n) is 4.84. The predicted octanol–water partition coefficient (Wildman–Crippen LogP) is 3.90. The van der Waals surface area contributed by atoms with E-state index in [1.54, 1.807) is 23.1 Å². The van der Waals surface area contributed by atoms with Crippen molar-refractivity contribution in [2.45, 2.75) is 31.9 Å². The van der Waals surface area contributed by atoms with Crippen LogP contribution in [0, 0.1) is 17.6 Å². The van der Waals surface area contributed by atoms with E-state index in [0.717, 1.165) is 29.7 Å². The lowest BCUT2D eigenvalue weighted by Crippen LogP contribution is -2.38. The van der Waals surface area contributed by atoms with Crippen LogP contribution in [-0.2, 0) is 16.2 Å². The smallest absolute Gasteiger partial charge is 0.226 e. The number of carbonyl (C=O) groups excluding carboxylic acids is 1. The van der Waals surface area contributed by atoms with E-state index in [1.165, 1.54) is 24.3 Å². The molecule has 1 heterocycles. The number of rotatable bonds is 6. The number of hydrogen-bond donors (Lipinski definition) is 0. The summed E-state index contributed by atoms with van der Waals surface area (Å²) in [5.74, 6) is -0.466. The van der Waals surface area contributed by atoms with Gasteiger partial charge in [0, 0.05) is 18.9 Å².